The van der Waals surface area contributed by atoms with Crippen LogP contribution in [0.3, 0.4) is 0 Å². The van der Waals surface area contributed by atoms with Crippen molar-refractivity contribution in [3.05, 3.63) is 29.8 Å². The number of nitrogens with one attached hydrogen (secondary N) is 2. The fraction of sp³-hybridized carbons (Fsp3) is 0.524. The summed E-state index contributed by atoms with van der Waals surface area (Å²) in [4.78, 5) is 15.6. The molecule has 0 atom stereocenters. The third-order valence-corrected chi connectivity index (χ3v) is 6.53. The number of alkyl halides is 3. The molecule has 2 aliphatic rings. The van der Waals surface area contributed by atoms with Gasteiger partial charge in [0.15, 0.2) is 5.82 Å². The number of piperidine rings is 1. The van der Waals surface area contributed by atoms with E-state index in [-0.39, 0.29) is 5.69 Å². The molecule has 0 bridgehead atoms. The molecule has 7 nitrogen and oxygen atoms in total. The SMILES string of the molecule is Cc1[nH]ncc1-c1nc(N2CCC3(CCNC3)CC2)c2cc(CC(F)(F)F)ncc2n1. The van der Waals surface area contributed by atoms with Crippen LogP contribution in [0.5, 0.6) is 0 Å². The second-order valence-corrected chi connectivity index (χ2v) is 8.68. The molecular formula is C21H24F3N7. The van der Waals surface area contributed by atoms with E-state index in [0.717, 1.165) is 50.3 Å². The van der Waals surface area contributed by atoms with Crippen LogP contribution in [0.2, 0.25) is 0 Å². The molecule has 0 aliphatic carbocycles. The highest BCUT2D eigenvalue weighted by Gasteiger charge is 2.38. The topological polar surface area (TPSA) is 82.6 Å². The molecule has 2 N–H and O–H groups in total. The van der Waals surface area contributed by atoms with Crippen molar-refractivity contribution in [2.45, 2.75) is 38.8 Å². The zero-order valence-corrected chi connectivity index (χ0v) is 17.3. The third-order valence-electron chi connectivity index (χ3n) is 6.53. The van der Waals surface area contributed by atoms with Crippen LogP contribution in [-0.4, -0.2) is 57.5 Å². The van der Waals surface area contributed by atoms with Gasteiger partial charge in [0.2, 0.25) is 0 Å². The first-order valence-electron chi connectivity index (χ1n) is 10.5. The molecule has 2 aliphatic heterocycles. The number of pyridine rings is 1. The Morgan fingerprint density at radius 3 is 2.58 bits per heavy atom. The molecule has 0 aromatic carbocycles. The summed E-state index contributed by atoms with van der Waals surface area (Å²) in [7, 11) is 0. The van der Waals surface area contributed by atoms with Gasteiger partial charge in [-0.15, -0.1) is 0 Å². The Labute approximate surface area is 177 Å². The van der Waals surface area contributed by atoms with Crippen LogP contribution in [0, 0.1) is 12.3 Å². The van der Waals surface area contributed by atoms with Crippen LogP contribution in [0.4, 0.5) is 19.0 Å². The van der Waals surface area contributed by atoms with E-state index in [2.05, 4.69) is 30.4 Å². The second-order valence-electron chi connectivity index (χ2n) is 8.68. The van der Waals surface area contributed by atoms with Gasteiger partial charge in [-0.1, -0.05) is 0 Å². The third kappa shape index (κ3) is 3.96. The van der Waals surface area contributed by atoms with Gasteiger partial charge in [0.25, 0.3) is 0 Å². The lowest BCUT2D eigenvalue weighted by atomic mass is 9.78. The average molecular weight is 431 g/mol. The monoisotopic (exact) mass is 431 g/mol. The van der Waals surface area contributed by atoms with Gasteiger partial charge in [0, 0.05) is 30.7 Å². The minimum atomic E-state index is -4.32. The number of halogens is 3. The Morgan fingerprint density at radius 2 is 1.94 bits per heavy atom. The van der Waals surface area contributed by atoms with Gasteiger partial charge >= 0.3 is 6.18 Å². The molecule has 1 spiro atoms. The predicted octanol–water partition coefficient (Wildman–Crippen LogP) is 3.41. The minimum Gasteiger partial charge on any atom is -0.356 e. The van der Waals surface area contributed by atoms with Crippen molar-refractivity contribution in [1.29, 1.82) is 0 Å². The predicted molar refractivity (Wildman–Crippen MR) is 111 cm³/mol. The number of hydrogen-bond donors (Lipinski definition) is 2. The summed E-state index contributed by atoms with van der Waals surface area (Å²) in [6.45, 7) is 5.60. The number of rotatable bonds is 3. The summed E-state index contributed by atoms with van der Waals surface area (Å²) in [6, 6.07) is 1.49. The largest absolute Gasteiger partial charge is 0.394 e. The van der Waals surface area contributed by atoms with E-state index >= 15 is 0 Å². The molecule has 2 saturated heterocycles. The van der Waals surface area contributed by atoms with Gasteiger partial charge in [-0.2, -0.15) is 18.3 Å². The number of aromatic amines is 1. The molecule has 0 amide bonds. The Morgan fingerprint density at radius 1 is 1.13 bits per heavy atom. The number of H-pyrrole nitrogens is 1. The van der Waals surface area contributed by atoms with Gasteiger partial charge in [-0.05, 0) is 44.2 Å². The molecule has 10 heteroatoms. The van der Waals surface area contributed by atoms with Crippen LogP contribution in [0.25, 0.3) is 22.3 Å². The van der Waals surface area contributed by atoms with Gasteiger partial charge in [0.1, 0.15) is 5.82 Å². The van der Waals surface area contributed by atoms with E-state index in [4.69, 9.17) is 4.98 Å². The van der Waals surface area contributed by atoms with Crippen molar-refractivity contribution in [2.24, 2.45) is 5.41 Å². The molecule has 3 aromatic heterocycles. The summed E-state index contributed by atoms with van der Waals surface area (Å²) >= 11 is 0. The van der Waals surface area contributed by atoms with Crippen LogP contribution in [-0.2, 0) is 6.42 Å². The lowest BCUT2D eigenvalue weighted by molar-refractivity contribution is -0.127. The summed E-state index contributed by atoms with van der Waals surface area (Å²) in [5, 5.41) is 11.0. The van der Waals surface area contributed by atoms with Crippen molar-refractivity contribution in [3.8, 4) is 11.4 Å². The first kappa shape index (κ1) is 20.2. The number of anilines is 1. The first-order valence-corrected chi connectivity index (χ1v) is 10.5. The van der Waals surface area contributed by atoms with Gasteiger partial charge < -0.3 is 10.2 Å². The van der Waals surface area contributed by atoms with Crippen molar-refractivity contribution >= 4 is 16.7 Å². The second kappa shape index (κ2) is 7.44. The molecule has 31 heavy (non-hydrogen) atoms. The maximum atomic E-state index is 13.0. The Balaban J connectivity index is 1.57. The Hall–Kier alpha value is -2.75. The zero-order valence-electron chi connectivity index (χ0n) is 17.3. The average Bonchev–Trinajstić information content (AvgIpc) is 3.36. The van der Waals surface area contributed by atoms with Crippen molar-refractivity contribution in [3.63, 3.8) is 0 Å². The zero-order chi connectivity index (χ0) is 21.6. The van der Waals surface area contributed by atoms with Crippen molar-refractivity contribution in [2.75, 3.05) is 31.1 Å². The van der Waals surface area contributed by atoms with Crippen LogP contribution < -0.4 is 10.2 Å². The summed E-state index contributed by atoms with van der Waals surface area (Å²) in [5.41, 5.74) is 2.45. The molecule has 3 aromatic rings. The molecule has 0 saturated carbocycles. The number of aryl methyl sites for hydroxylation is 1. The van der Waals surface area contributed by atoms with E-state index in [0.29, 0.717) is 28.0 Å². The minimum absolute atomic E-state index is 0.0226. The normalized spacial score (nSPS) is 18.9. The van der Waals surface area contributed by atoms with Gasteiger partial charge in [0.05, 0.1) is 35.6 Å². The van der Waals surface area contributed by atoms with Crippen LogP contribution in [0.1, 0.15) is 30.7 Å². The highest BCUT2D eigenvalue weighted by Crippen LogP contribution is 2.39. The highest BCUT2D eigenvalue weighted by atomic mass is 19.4. The fourth-order valence-corrected chi connectivity index (χ4v) is 4.71. The summed E-state index contributed by atoms with van der Waals surface area (Å²) in [6.07, 6.45) is 0.943. The van der Waals surface area contributed by atoms with E-state index < -0.39 is 12.6 Å². The summed E-state index contributed by atoms with van der Waals surface area (Å²) < 4.78 is 38.9. The number of nitrogens with zero attached hydrogens (tertiary/aromatic N) is 5. The Kier molecular flexibility index (Phi) is 4.84. The highest BCUT2D eigenvalue weighted by molar-refractivity contribution is 5.91. The number of fused-ring (bicyclic) bond motifs is 1. The Bertz CT molecular complexity index is 1090. The van der Waals surface area contributed by atoms with E-state index in [9.17, 15) is 13.2 Å². The van der Waals surface area contributed by atoms with Crippen LogP contribution in [0.15, 0.2) is 18.5 Å². The maximum Gasteiger partial charge on any atom is 0.394 e. The van der Waals surface area contributed by atoms with E-state index in [1.54, 1.807) is 6.20 Å². The molecule has 164 valence electrons. The van der Waals surface area contributed by atoms with Crippen molar-refractivity contribution < 1.29 is 13.2 Å². The smallest absolute Gasteiger partial charge is 0.356 e. The van der Waals surface area contributed by atoms with E-state index in [1.165, 1.54) is 18.7 Å². The van der Waals surface area contributed by atoms with Crippen LogP contribution >= 0.6 is 0 Å². The van der Waals surface area contributed by atoms with Gasteiger partial charge in [-0.3, -0.25) is 10.1 Å². The lowest BCUT2D eigenvalue weighted by Gasteiger charge is -2.39. The maximum absolute atomic E-state index is 13.0. The molecule has 5 heterocycles. The molecule has 5 rings (SSSR count). The molecule has 0 unspecified atom stereocenters. The van der Waals surface area contributed by atoms with Crippen molar-refractivity contribution in [1.82, 2.24) is 30.5 Å². The summed E-state index contributed by atoms with van der Waals surface area (Å²) in [5.74, 6) is 1.18. The molecule has 0 radical (unpaired) electrons. The fourth-order valence-electron chi connectivity index (χ4n) is 4.71. The molecular weight excluding hydrogens is 407 g/mol. The standard InChI is InChI=1S/C21H24F3N7/c1-13-16(10-27-30-13)18-28-17-11-26-14(9-21(22,23)24)8-15(17)19(29-18)31-6-3-20(4-7-31)2-5-25-12-20/h8,10-11,25H,2-7,9,12H2,1H3,(H,27,30). The van der Waals surface area contributed by atoms with E-state index in [1.807, 2.05) is 6.92 Å². The number of aromatic nitrogens is 5. The quantitative estimate of drug-likeness (QED) is 0.662. The molecule has 2 fully saturated rings. The first-order chi connectivity index (χ1) is 14.8. The number of hydrogen-bond acceptors (Lipinski definition) is 6. The lowest BCUT2D eigenvalue weighted by Crippen LogP contribution is -2.41. The van der Waals surface area contributed by atoms with Gasteiger partial charge in [-0.25, -0.2) is 9.97 Å².